The number of nitrogens with zero attached hydrogens (tertiary/aromatic N) is 3. The van der Waals surface area contributed by atoms with Gasteiger partial charge in [-0.3, -0.25) is 24.3 Å². The summed E-state index contributed by atoms with van der Waals surface area (Å²) in [7, 11) is 0. The standard InChI is InChI=1S/C22H21FN4O4S2/c1-3-10-26-21(29)18-14-6-4-5-7-17(14)33-20(18)25-22(26)32-12(2)19(28)24-13-8-9-15(23)16(11-13)27(30)31/h3,8-9,11-12H,1,4-7,10H2,2H3,(H,24,28)/t12-/m0/s1. The molecular weight excluding hydrogens is 467 g/mol. The molecule has 2 aromatic heterocycles. The molecule has 1 atom stereocenters. The van der Waals surface area contributed by atoms with Gasteiger partial charge in [-0.2, -0.15) is 4.39 Å². The SMILES string of the molecule is C=CCn1c(S[C@@H](C)C(=O)Nc2ccc(F)c([N+](=O)[O-])c2)nc2sc3c(c2c1=O)CCCC3. The summed E-state index contributed by atoms with van der Waals surface area (Å²) in [5.74, 6) is -1.43. The van der Waals surface area contributed by atoms with Crippen molar-refractivity contribution in [3.8, 4) is 0 Å². The fraction of sp³-hybridized carbons (Fsp3) is 0.318. The third kappa shape index (κ3) is 4.55. The van der Waals surface area contributed by atoms with Crippen molar-refractivity contribution < 1.29 is 14.1 Å². The van der Waals surface area contributed by atoms with Crippen LogP contribution in [0.5, 0.6) is 0 Å². The molecule has 8 nitrogen and oxygen atoms in total. The van der Waals surface area contributed by atoms with E-state index in [2.05, 4.69) is 11.9 Å². The lowest BCUT2D eigenvalue weighted by molar-refractivity contribution is -0.387. The van der Waals surface area contributed by atoms with E-state index >= 15 is 0 Å². The number of carbonyl (C=O) groups is 1. The minimum absolute atomic E-state index is 0.110. The number of aryl methyl sites for hydroxylation is 2. The van der Waals surface area contributed by atoms with Crippen LogP contribution in [0.3, 0.4) is 0 Å². The third-order valence-corrected chi connectivity index (χ3v) is 7.69. The molecule has 0 aliphatic heterocycles. The van der Waals surface area contributed by atoms with E-state index in [0.717, 1.165) is 55.1 Å². The fourth-order valence-corrected chi connectivity index (χ4v) is 6.01. The number of fused-ring (bicyclic) bond motifs is 3. The maximum Gasteiger partial charge on any atom is 0.306 e. The first-order chi connectivity index (χ1) is 15.8. The summed E-state index contributed by atoms with van der Waals surface area (Å²) in [6.45, 7) is 5.64. The van der Waals surface area contributed by atoms with Crippen molar-refractivity contribution in [2.45, 2.75) is 49.6 Å². The topological polar surface area (TPSA) is 107 Å². The molecule has 3 aromatic rings. The number of hydrogen-bond acceptors (Lipinski definition) is 7. The van der Waals surface area contributed by atoms with Crippen LogP contribution in [0.25, 0.3) is 10.2 Å². The lowest BCUT2D eigenvalue weighted by Gasteiger charge is -2.15. The van der Waals surface area contributed by atoms with Crippen LogP contribution in [0.4, 0.5) is 15.8 Å². The minimum atomic E-state index is -0.981. The largest absolute Gasteiger partial charge is 0.325 e. The second-order valence-electron chi connectivity index (χ2n) is 7.66. The van der Waals surface area contributed by atoms with Gasteiger partial charge in [-0.05, 0) is 50.3 Å². The second-order valence-corrected chi connectivity index (χ2v) is 10.1. The van der Waals surface area contributed by atoms with Crippen LogP contribution < -0.4 is 10.9 Å². The Balaban J connectivity index is 1.62. The second kappa shape index (κ2) is 9.44. The van der Waals surface area contributed by atoms with E-state index in [0.29, 0.717) is 15.4 Å². The van der Waals surface area contributed by atoms with E-state index in [9.17, 15) is 24.1 Å². The quantitative estimate of drug-likeness (QED) is 0.170. The Kier molecular flexibility index (Phi) is 6.61. The summed E-state index contributed by atoms with van der Waals surface area (Å²) < 4.78 is 15.1. The van der Waals surface area contributed by atoms with Crippen LogP contribution >= 0.6 is 23.1 Å². The van der Waals surface area contributed by atoms with Gasteiger partial charge in [-0.25, -0.2) is 4.98 Å². The first-order valence-electron chi connectivity index (χ1n) is 10.4. The average Bonchev–Trinajstić information content (AvgIpc) is 3.15. The molecule has 11 heteroatoms. The molecule has 4 rings (SSSR count). The molecule has 0 bridgehead atoms. The highest BCUT2D eigenvalue weighted by Crippen LogP contribution is 2.35. The highest BCUT2D eigenvalue weighted by Gasteiger charge is 2.24. The first kappa shape index (κ1) is 23.1. The zero-order valence-electron chi connectivity index (χ0n) is 17.8. The maximum absolute atomic E-state index is 13.6. The number of nitrogens with one attached hydrogen (secondary N) is 1. The van der Waals surface area contributed by atoms with Crippen LogP contribution in [-0.2, 0) is 24.2 Å². The normalized spacial score (nSPS) is 14.0. The van der Waals surface area contributed by atoms with E-state index in [4.69, 9.17) is 4.98 Å². The zero-order valence-corrected chi connectivity index (χ0v) is 19.4. The van der Waals surface area contributed by atoms with Crippen LogP contribution in [-0.4, -0.2) is 25.6 Å². The monoisotopic (exact) mass is 488 g/mol. The predicted octanol–water partition coefficient (Wildman–Crippen LogP) is 4.69. The van der Waals surface area contributed by atoms with Gasteiger partial charge in [0.2, 0.25) is 11.7 Å². The number of nitro benzene ring substituents is 1. The Labute approximate surface area is 196 Å². The van der Waals surface area contributed by atoms with Crippen molar-refractivity contribution in [2.75, 3.05) is 5.32 Å². The molecule has 2 heterocycles. The van der Waals surface area contributed by atoms with E-state index in [-0.39, 0.29) is 17.8 Å². The molecule has 1 N–H and O–H groups in total. The summed E-state index contributed by atoms with van der Waals surface area (Å²) in [6, 6.07) is 3.16. The Morgan fingerprint density at radius 2 is 2.21 bits per heavy atom. The summed E-state index contributed by atoms with van der Waals surface area (Å²) >= 11 is 2.65. The van der Waals surface area contributed by atoms with Gasteiger partial charge < -0.3 is 5.32 Å². The summed E-state index contributed by atoms with van der Waals surface area (Å²) in [6.07, 6.45) is 5.58. The molecular formula is C22H21FN4O4S2. The molecule has 1 amide bonds. The Morgan fingerprint density at radius 1 is 1.45 bits per heavy atom. The Hall–Kier alpha value is -3.05. The minimum Gasteiger partial charge on any atom is -0.325 e. The number of thioether (sulfide) groups is 1. The molecule has 0 unspecified atom stereocenters. The van der Waals surface area contributed by atoms with Gasteiger partial charge in [-0.15, -0.1) is 17.9 Å². The highest BCUT2D eigenvalue weighted by molar-refractivity contribution is 8.00. The highest BCUT2D eigenvalue weighted by atomic mass is 32.2. The van der Waals surface area contributed by atoms with Gasteiger partial charge in [0.25, 0.3) is 5.56 Å². The van der Waals surface area contributed by atoms with Crippen LogP contribution in [0.1, 0.15) is 30.2 Å². The Morgan fingerprint density at radius 3 is 2.94 bits per heavy atom. The van der Waals surface area contributed by atoms with Gasteiger partial charge in [0.05, 0.1) is 15.6 Å². The lowest BCUT2D eigenvalue weighted by Crippen LogP contribution is -2.27. The van der Waals surface area contributed by atoms with Crippen molar-refractivity contribution >= 4 is 50.6 Å². The molecule has 0 radical (unpaired) electrons. The molecule has 33 heavy (non-hydrogen) atoms. The number of rotatable bonds is 7. The summed E-state index contributed by atoms with van der Waals surface area (Å²) in [4.78, 5) is 42.7. The fourth-order valence-electron chi connectivity index (χ4n) is 3.79. The molecule has 0 saturated heterocycles. The number of aromatic nitrogens is 2. The summed E-state index contributed by atoms with van der Waals surface area (Å²) in [5, 5.41) is 13.9. The number of nitro groups is 1. The number of anilines is 1. The smallest absolute Gasteiger partial charge is 0.306 e. The van der Waals surface area contributed by atoms with E-state index in [1.54, 1.807) is 13.0 Å². The average molecular weight is 489 g/mol. The van der Waals surface area contributed by atoms with Gasteiger partial charge in [-0.1, -0.05) is 17.8 Å². The van der Waals surface area contributed by atoms with E-state index in [1.165, 1.54) is 26.8 Å². The zero-order chi connectivity index (χ0) is 23.7. The van der Waals surface area contributed by atoms with Crippen LogP contribution in [0.2, 0.25) is 0 Å². The molecule has 0 saturated carbocycles. The molecule has 1 aliphatic carbocycles. The number of halogens is 1. The maximum atomic E-state index is 13.6. The summed E-state index contributed by atoms with van der Waals surface area (Å²) in [5.41, 5.74) is 0.348. The van der Waals surface area contributed by atoms with Crippen molar-refractivity contribution in [3.63, 3.8) is 0 Å². The number of hydrogen-bond donors (Lipinski definition) is 1. The first-order valence-corrected chi connectivity index (χ1v) is 12.1. The Bertz CT molecular complexity index is 1330. The number of amides is 1. The van der Waals surface area contributed by atoms with Crippen molar-refractivity contribution in [2.24, 2.45) is 0 Å². The third-order valence-electron chi connectivity index (χ3n) is 5.41. The van der Waals surface area contributed by atoms with E-state index < -0.39 is 27.6 Å². The number of thiophene rings is 1. The van der Waals surface area contributed by atoms with Crippen molar-refractivity contribution in [1.82, 2.24) is 9.55 Å². The van der Waals surface area contributed by atoms with E-state index in [1.807, 2.05) is 0 Å². The number of carbonyl (C=O) groups excluding carboxylic acids is 1. The van der Waals surface area contributed by atoms with Crippen LogP contribution in [0, 0.1) is 15.9 Å². The lowest BCUT2D eigenvalue weighted by atomic mass is 9.97. The van der Waals surface area contributed by atoms with Gasteiger partial charge in [0, 0.05) is 23.2 Å². The molecule has 1 aromatic carbocycles. The molecule has 172 valence electrons. The van der Waals surface area contributed by atoms with Gasteiger partial charge >= 0.3 is 5.69 Å². The molecule has 1 aliphatic rings. The van der Waals surface area contributed by atoms with Crippen molar-refractivity contribution in [1.29, 1.82) is 0 Å². The van der Waals surface area contributed by atoms with Crippen LogP contribution in [0.15, 0.2) is 40.8 Å². The molecule has 0 spiro atoms. The number of benzene rings is 1. The number of allylic oxidation sites excluding steroid dienone is 1. The molecule has 0 fully saturated rings. The van der Waals surface area contributed by atoms with Crippen molar-refractivity contribution in [3.05, 3.63) is 67.6 Å². The predicted molar refractivity (Wildman–Crippen MR) is 128 cm³/mol. The van der Waals surface area contributed by atoms with Gasteiger partial charge in [0.15, 0.2) is 5.16 Å². The van der Waals surface area contributed by atoms with Gasteiger partial charge in [0.1, 0.15) is 4.83 Å².